The van der Waals surface area contributed by atoms with Gasteiger partial charge in [0.15, 0.2) is 0 Å². The molecule has 0 fully saturated rings. The minimum atomic E-state index is -0.509. The van der Waals surface area contributed by atoms with Crippen LogP contribution in [0.1, 0.15) is 29.2 Å². The summed E-state index contributed by atoms with van der Waals surface area (Å²) in [5.41, 5.74) is 3.56. The van der Waals surface area contributed by atoms with E-state index in [1.165, 1.54) is 23.1 Å². The van der Waals surface area contributed by atoms with Crippen molar-refractivity contribution in [1.29, 1.82) is 0 Å². The van der Waals surface area contributed by atoms with Crippen molar-refractivity contribution in [1.82, 2.24) is 4.90 Å². The molecule has 1 amide bonds. The zero-order chi connectivity index (χ0) is 24.1. The van der Waals surface area contributed by atoms with Gasteiger partial charge in [0, 0.05) is 13.1 Å². The number of carbonyl (C=O) groups is 2. The van der Waals surface area contributed by atoms with Gasteiger partial charge in [-0.15, -0.1) is 0 Å². The maximum absolute atomic E-state index is 14.6. The number of amides is 1. The molecule has 0 aliphatic carbocycles. The first-order valence-corrected chi connectivity index (χ1v) is 11.2. The van der Waals surface area contributed by atoms with Gasteiger partial charge in [0.1, 0.15) is 18.2 Å². The van der Waals surface area contributed by atoms with Crippen molar-refractivity contribution in [3.63, 3.8) is 0 Å². The van der Waals surface area contributed by atoms with Gasteiger partial charge in [-0.2, -0.15) is 0 Å². The summed E-state index contributed by atoms with van der Waals surface area (Å²) in [5.74, 6) is -1.32. The van der Waals surface area contributed by atoms with Crippen LogP contribution in [0.5, 0.6) is 0 Å². The van der Waals surface area contributed by atoms with E-state index < -0.39 is 17.9 Å². The lowest BCUT2D eigenvalue weighted by Gasteiger charge is -2.30. The van der Waals surface area contributed by atoms with E-state index in [1.807, 2.05) is 30.3 Å². The van der Waals surface area contributed by atoms with E-state index in [1.54, 1.807) is 19.1 Å². The quantitative estimate of drug-likeness (QED) is 0.456. The Labute approximate surface area is 196 Å². The van der Waals surface area contributed by atoms with Crippen LogP contribution in [0.25, 0.3) is 11.1 Å². The second kappa shape index (κ2) is 10.5. The van der Waals surface area contributed by atoms with Crippen molar-refractivity contribution >= 4 is 12.1 Å². The van der Waals surface area contributed by atoms with Crippen LogP contribution in [-0.2, 0) is 40.3 Å². The molecule has 34 heavy (non-hydrogen) atoms. The van der Waals surface area contributed by atoms with Crippen molar-refractivity contribution in [2.24, 2.45) is 0 Å². The molecule has 0 unspecified atom stereocenters. The van der Waals surface area contributed by atoms with Gasteiger partial charge in [0.05, 0.1) is 13.0 Å². The molecule has 1 aliphatic rings. The molecule has 0 aromatic heterocycles. The van der Waals surface area contributed by atoms with Crippen LogP contribution in [0.2, 0.25) is 0 Å². The lowest BCUT2D eigenvalue weighted by Crippen LogP contribution is -2.37. The SMILES string of the molecule is CCOC(=O)Cc1cc(F)cc(-c2ccc(F)c3c2CN(C(=O)OCc2ccccc2)CC3)c1. The predicted molar refractivity (Wildman–Crippen MR) is 123 cm³/mol. The summed E-state index contributed by atoms with van der Waals surface area (Å²) in [7, 11) is 0. The Kier molecular flexibility index (Phi) is 7.21. The summed E-state index contributed by atoms with van der Waals surface area (Å²) in [6.45, 7) is 2.54. The lowest BCUT2D eigenvalue weighted by atomic mass is 9.90. The van der Waals surface area contributed by atoms with E-state index in [9.17, 15) is 18.4 Å². The highest BCUT2D eigenvalue weighted by atomic mass is 19.1. The number of benzene rings is 3. The fourth-order valence-electron chi connectivity index (χ4n) is 4.16. The maximum Gasteiger partial charge on any atom is 0.410 e. The number of ether oxygens (including phenoxy) is 2. The van der Waals surface area contributed by atoms with E-state index in [0.29, 0.717) is 40.8 Å². The molecule has 1 aliphatic heterocycles. The summed E-state index contributed by atoms with van der Waals surface area (Å²) >= 11 is 0. The Hall–Kier alpha value is -3.74. The first kappa shape index (κ1) is 23.4. The highest BCUT2D eigenvalue weighted by molar-refractivity contribution is 5.76. The molecular weight excluding hydrogens is 440 g/mol. The van der Waals surface area contributed by atoms with E-state index in [4.69, 9.17) is 9.47 Å². The molecule has 0 radical (unpaired) electrons. The van der Waals surface area contributed by atoms with Crippen molar-refractivity contribution in [2.45, 2.75) is 32.9 Å². The Morgan fingerprint density at radius 2 is 1.74 bits per heavy atom. The van der Waals surface area contributed by atoms with E-state index in [2.05, 4.69) is 0 Å². The van der Waals surface area contributed by atoms with Crippen LogP contribution in [0.4, 0.5) is 13.6 Å². The van der Waals surface area contributed by atoms with Crippen LogP contribution < -0.4 is 0 Å². The summed E-state index contributed by atoms with van der Waals surface area (Å²) < 4.78 is 39.4. The Balaban J connectivity index is 1.58. The topological polar surface area (TPSA) is 55.8 Å². The fraction of sp³-hybridized carbons (Fsp3) is 0.259. The van der Waals surface area contributed by atoms with Gasteiger partial charge in [0.2, 0.25) is 0 Å². The molecule has 176 valence electrons. The molecule has 3 aromatic carbocycles. The molecule has 0 saturated carbocycles. The second-order valence-electron chi connectivity index (χ2n) is 8.09. The normalized spacial score (nSPS) is 12.7. The number of fused-ring (bicyclic) bond motifs is 1. The number of hydrogen-bond donors (Lipinski definition) is 0. The number of halogens is 2. The average Bonchev–Trinajstić information content (AvgIpc) is 2.83. The molecule has 0 atom stereocenters. The molecule has 4 rings (SSSR count). The second-order valence-corrected chi connectivity index (χ2v) is 8.09. The summed E-state index contributed by atoms with van der Waals surface area (Å²) in [6, 6.07) is 16.6. The molecule has 0 N–H and O–H groups in total. The molecule has 7 heteroatoms. The molecular formula is C27H25F2NO4. The highest BCUT2D eigenvalue weighted by Crippen LogP contribution is 2.33. The number of rotatable bonds is 6. The Morgan fingerprint density at radius 3 is 2.50 bits per heavy atom. The molecule has 1 heterocycles. The zero-order valence-corrected chi connectivity index (χ0v) is 18.9. The lowest BCUT2D eigenvalue weighted by molar-refractivity contribution is -0.142. The third-order valence-corrected chi connectivity index (χ3v) is 5.74. The average molecular weight is 465 g/mol. The van der Waals surface area contributed by atoms with Gasteiger partial charge < -0.3 is 14.4 Å². The van der Waals surface area contributed by atoms with Crippen LogP contribution in [-0.4, -0.2) is 30.1 Å². The molecule has 5 nitrogen and oxygen atoms in total. The van der Waals surface area contributed by atoms with Crippen molar-refractivity contribution in [2.75, 3.05) is 13.2 Å². The summed E-state index contributed by atoms with van der Waals surface area (Å²) in [4.78, 5) is 26.1. The number of esters is 1. The van der Waals surface area contributed by atoms with E-state index in [0.717, 1.165) is 5.56 Å². The van der Waals surface area contributed by atoms with Crippen LogP contribution in [0.3, 0.4) is 0 Å². The number of carbonyl (C=O) groups excluding carboxylic acids is 2. The first-order valence-electron chi connectivity index (χ1n) is 11.2. The van der Waals surface area contributed by atoms with Gasteiger partial charge in [0.25, 0.3) is 0 Å². The van der Waals surface area contributed by atoms with Crippen molar-refractivity contribution in [3.8, 4) is 11.1 Å². The number of hydrogen-bond acceptors (Lipinski definition) is 4. The van der Waals surface area contributed by atoms with Crippen LogP contribution in [0, 0.1) is 11.6 Å². The Bertz CT molecular complexity index is 1200. The van der Waals surface area contributed by atoms with Gasteiger partial charge in [-0.1, -0.05) is 42.5 Å². The highest BCUT2D eigenvalue weighted by Gasteiger charge is 2.27. The third kappa shape index (κ3) is 5.42. The number of nitrogens with zero attached hydrogens (tertiary/aromatic N) is 1. The standard InChI is InChI=1S/C27H25F2NO4/c1-2-33-26(31)14-19-12-20(15-21(28)13-19)22-8-9-25(29)23-10-11-30(16-24(22)23)27(32)34-17-18-6-4-3-5-7-18/h3-9,12-13,15H,2,10-11,14,16-17H2,1H3. The summed E-state index contributed by atoms with van der Waals surface area (Å²) in [6.07, 6.45) is -0.243. The minimum Gasteiger partial charge on any atom is -0.466 e. The largest absolute Gasteiger partial charge is 0.466 e. The monoisotopic (exact) mass is 465 g/mol. The molecule has 0 saturated heterocycles. The van der Waals surface area contributed by atoms with Crippen molar-refractivity contribution in [3.05, 3.63) is 94.6 Å². The molecule has 0 spiro atoms. The summed E-state index contributed by atoms with van der Waals surface area (Å²) in [5, 5.41) is 0. The fourth-order valence-corrected chi connectivity index (χ4v) is 4.16. The van der Waals surface area contributed by atoms with Crippen molar-refractivity contribution < 1.29 is 27.8 Å². The van der Waals surface area contributed by atoms with E-state index >= 15 is 0 Å². The van der Waals surface area contributed by atoms with E-state index in [-0.39, 0.29) is 32.0 Å². The van der Waals surface area contributed by atoms with Gasteiger partial charge in [-0.3, -0.25) is 4.79 Å². The van der Waals surface area contributed by atoms with Crippen LogP contribution in [0.15, 0.2) is 60.7 Å². The minimum absolute atomic E-state index is 0.0695. The molecule has 0 bridgehead atoms. The maximum atomic E-state index is 14.6. The molecule has 3 aromatic rings. The van der Waals surface area contributed by atoms with Gasteiger partial charge >= 0.3 is 12.1 Å². The van der Waals surface area contributed by atoms with Gasteiger partial charge in [-0.25, -0.2) is 13.6 Å². The Morgan fingerprint density at radius 1 is 0.941 bits per heavy atom. The van der Waals surface area contributed by atoms with Crippen LogP contribution >= 0.6 is 0 Å². The zero-order valence-electron chi connectivity index (χ0n) is 18.9. The smallest absolute Gasteiger partial charge is 0.410 e. The first-order chi connectivity index (χ1) is 16.4. The third-order valence-electron chi connectivity index (χ3n) is 5.74. The van der Waals surface area contributed by atoms with Gasteiger partial charge in [-0.05, 0) is 64.9 Å². The predicted octanol–water partition coefficient (Wildman–Crippen LogP) is 5.43.